The molecule has 3 aromatic rings. The summed E-state index contributed by atoms with van der Waals surface area (Å²) in [6.45, 7) is 6.26. The zero-order chi connectivity index (χ0) is 32.8. The number of aliphatic hydroxyl groups excluding tert-OH is 1. The van der Waals surface area contributed by atoms with E-state index in [2.05, 4.69) is 0 Å². The summed E-state index contributed by atoms with van der Waals surface area (Å²) in [5, 5.41) is 10.3. The lowest BCUT2D eigenvalue weighted by Crippen LogP contribution is -2.46. The molecular formula is C35H40ClN3O6Si. The molecule has 6 rings (SSSR count). The monoisotopic (exact) mass is 661 g/mol. The Labute approximate surface area is 275 Å². The predicted molar refractivity (Wildman–Crippen MR) is 179 cm³/mol. The third kappa shape index (κ3) is 5.56. The van der Waals surface area contributed by atoms with Gasteiger partial charge in [-0.3, -0.25) is 19.3 Å². The first-order valence-corrected chi connectivity index (χ1v) is 19.2. The standard InChI is InChI=1S/C35H40ClN3O6Si/c1-23-33(46(2,3)44)31(19-32(42)37-16-8-13-28(37)21-40)45-35(23)29-18-25(36)14-15-30(29)38(34(35)43)20-24-9-7-12-27(17-24)39(22-41)26-10-5-4-6-11-26/h4-7,9-12,14-15,17-18,22-23,28,31,33,40,44H,8,13,16,19-21H2,1-3H3/t23-,28-,31+,33-,35+/m0/s1. The van der Waals surface area contributed by atoms with Crippen LogP contribution < -0.4 is 9.80 Å². The minimum Gasteiger partial charge on any atom is -0.432 e. The molecule has 46 heavy (non-hydrogen) atoms. The van der Waals surface area contributed by atoms with Crippen LogP contribution in [0, 0.1) is 5.92 Å². The predicted octanol–water partition coefficient (Wildman–Crippen LogP) is 5.35. The van der Waals surface area contributed by atoms with Gasteiger partial charge >= 0.3 is 0 Å². The number of likely N-dealkylation sites (tertiary alicyclic amines) is 1. The molecule has 11 heteroatoms. The van der Waals surface area contributed by atoms with Crippen molar-refractivity contribution in [2.75, 3.05) is 23.0 Å². The number of halogens is 1. The molecule has 3 aliphatic rings. The van der Waals surface area contributed by atoms with Crippen molar-refractivity contribution in [3.05, 3.63) is 88.9 Å². The van der Waals surface area contributed by atoms with E-state index in [0.29, 0.717) is 28.5 Å². The number of hydrogen-bond acceptors (Lipinski definition) is 6. The largest absolute Gasteiger partial charge is 0.432 e. The van der Waals surface area contributed by atoms with Crippen LogP contribution in [-0.2, 0) is 31.3 Å². The highest BCUT2D eigenvalue weighted by Crippen LogP contribution is 2.60. The van der Waals surface area contributed by atoms with E-state index < -0.39 is 31.5 Å². The molecular weight excluding hydrogens is 622 g/mol. The number of aliphatic hydroxyl groups is 1. The maximum atomic E-state index is 14.8. The molecule has 0 bridgehead atoms. The Morgan fingerprint density at radius 3 is 2.54 bits per heavy atom. The van der Waals surface area contributed by atoms with Gasteiger partial charge in [0.15, 0.2) is 13.9 Å². The number of carbonyl (C=O) groups excluding carboxylic acids is 3. The van der Waals surface area contributed by atoms with Crippen molar-refractivity contribution in [1.82, 2.24) is 4.90 Å². The lowest BCUT2D eigenvalue weighted by atomic mass is 9.82. The lowest BCUT2D eigenvalue weighted by molar-refractivity contribution is -0.150. The van der Waals surface area contributed by atoms with Gasteiger partial charge in [-0.25, -0.2) is 0 Å². The van der Waals surface area contributed by atoms with Crippen LogP contribution in [0.15, 0.2) is 72.8 Å². The summed E-state index contributed by atoms with van der Waals surface area (Å²) >= 11 is 6.53. The first kappa shape index (κ1) is 32.4. The molecule has 3 aliphatic heterocycles. The van der Waals surface area contributed by atoms with Crippen LogP contribution in [0.3, 0.4) is 0 Å². The molecule has 3 amide bonds. The molecule has 2 fully saturated rings. The van der Waals surface area contributed by atoms with E-state index in [4.69, 9.17) is 16.3 Å². The third-order valence-electron chi connectivity index (χ3n) is 9.90. The molecule has 9 nitrogen and oxygen atoms in total. The number of amides is 3. The molecule has 1 spiro atoms. The molecule has 3 aromatic carbocycles. The van der Waals surface area contributed by atoms with Crippen LogP contribution in [0.1, 0.15) is 37.3 Å². The van der Waals surface area contributed by atoms with Crippen LogP contribution in [0.25, 0.3) is 0 Å². The minimum absolute atomic E-state index is 0.0104. The topological polar surface area (TPSA) is 111 Å². The Kier molecular flexibility index (Phi) is 8.86. The van der Waals surface area contributed by atoms with Crippen LogP contribution in [0.5, 0.6) is 0 Å². The summed E-state index contributed by atoms with van der Waals surface area (Å²) in [6, 6.07) is 21.9. The molecule has 0 unspecified atom stereocenters. The Hall–Kier alpha value is -3.54. The SMILES string of the molecule is C[C@H]1[C@H]([Si](C)(C)O)[C@@H](CC(=O)N2CCC[C@H]2CO)O[C@]12C(=O)N(Cc1cccc(N(C=O)c3ccccc3)c1)c1ccc(Cl)cc12. The van der Waals surface area contributed by atoms with Crippen molar-refractivity contribution in [1.29, 1.82) is 0 Å². The van der Waals surface area contributed by atoms with Gasteiger partial charge in [0.25, 0.3) is 5.91 Å². The molecule has 0 aliphatic carbocycles. The van der Waals surface area contributed by atoms with Crippen molar-refractivity contribution in [2.24, 2.45) is 5.92 Å². The second-order valence-electron chi connectivity index (χ2n) is 13.2. The number of benzene rings is 3. The molecule has 242 valence electrons. The van der Waals surface area contributed by atoms with E-state index in [9.17, 15) is 24.3 Å². The number of nitrogens with zero attached hydrogens (tertiary/aromatic N) is 3. The fourth-order valence-electron chi connectivity index (χ4n) is 7.90. The number of para-hydroxylation sites is 1. The lowest BCUT2D eigenvalue weighted by Gasteiger charge is -2.33. The van der Waals surface area contributed by atoms with E-state index in [1.165, 1.54) is 0 Å². The molecule has 2 N–H and O–H groups in total. The summed E-state index contributed by atoms with van der Waals surface area (Å²) in [4.78, 5) is 57.0. The second-order valence-corrected chi connectivity index (χ2v) is 17.6. The van der Waals surface area contributed by atoms with Gasteiger partial charge < -0.3 is 24.4 Å². The molecule has 0 aromatic heterocycles. The second kappa shape index (κ2) is 12.6. The Balaban J connectivity index is 1.35. The van der Waals surface area contributed by atoms with Gasteiger partial charge in [0.2, 0.25) is 12.3 Å². The number of hydrogen-bond donors (Lipinski definition) is 2. The van der Waals surface area contributed by atoms with Crippen molar-refractivity contribution in [2.45, 2.75) is 69.1 Å². The van der Waals surface area contributed by atoms with Gasteiger partial charge in [-0.1, -0.05) is 48.9 Å². The fraction of sp³-hybridized carbons (Fsp3) is 0.400. The van der Waals surface area contributed by atoms with Crippen molar-refractivity contribution < 1.29 is 29.0 Å². The van der Waals surface area contributed by atoms with Gasteiger partial charge in [-0.2, -0.15) is 0 Å². The average molecular weight is 662 g/mol. The molecule has 0 radical (unpaired) electrons. The Morgan fingerprint density at radius 1 is 1.11 bits per heavy atom. The quantitative estimate of drug-likeness (QED) is 0.236. The Morgan fingerprint density at radius 2 is 1.85 bits per heavy atom. The maximum absolute atomic E-state index is 14.8. The van der Waals surface area contributed by atoms with Crippen molar-refractivity contribution >= 4 is 55.2 Å². The van der Waals surface area contributed by atoms with Gasteiger partial charge in [-0.05, 0) is 74.0 Å². The fourth-order valence-corrected chi connectivity index (χ4v) is 10.6. The Bertz CT molecular complexity index is 1630. The van der Waals surface area contributed by atoms with Gasteiger partial charge in [0.05, 0.1) is 37.4 Å². The molecule has 2 saturated heterocycles. The minimum atomic E-state index is -2.98. The van der Waals surface area contributed by atoms with E-state index in [0.717, 1.165) is 30.5 Å². The first-order valence-electron chi connectivity index (χ1n) is 15.8. The summed E-state index contributed by atoms with van der Waals surface area (Å²) in [6.07, 6.45) is 1.65. The third-order valence-corrected chi connectivity index (χ3v) is 12.6. The summed E-state index contributed by atoms with van der Waals surface area (Å²) in [7, 11) is -2.98. The summed E-state index contributed by atoms with van der Waals surface area (Å²) in [5.41, 5.74) is 1.61. The number of carbonyl (C=O) groups is 3. The average Bonchev–Trinajstić information content (AvgIpc) is 3.69. The highest BCUT2D eigenvalue weighted by molar-refractivity contribution is 6.71. The van der Waals surface area contributed by atoms with Crippen molar-refractivity contribution in [3.63, 3.8) is 0 Å². The van der Waals surface area contributed by atoms with Crippen molar-refractivity contribution in [3.8, 4) is 0 Å². The van der Waals surface area contributed by atoms with Gasteiger partial charge in [-0.15, -0.1) is 0 Å². The number of anilines is 3. The van der Waals surface area contributed by atoms with E-state index >= 15 is 0 Å². The summed E-state index contributed by atoms with van der Waals surface area (Å²) < 4.78 is 6.82. The molecule has 5 atom stereocenters. The van der Waals surface area contributed by atoms with E-state index in [1.807, 2.05) is 80.7 Å². The van der Waals surface area contributed by atoms with E-state index in [1.54, 1.807) is 26.8 Å². The van der Waals surface area contributed by atoms with Gasteiger partial charge in [0, 0.05) is 40.0 Å². The highest BCUT2D eigenvalue weighted by atomic mass is 35.5. The van der Waals surface area contributed by atoms with Gasteiger partial charge in [0.1, 0.15) is 0 Å². The van der Waals surface area contributed by atoms with Crippen LogP contribution >= 0.6 is 11.6 Å². The summed E-state index contributed by atoms with van der Waals surface area (Å²) in [5.74, 6) is -0.864. The number of rotatable bonds is 9. The first-order chi connectivity index (χ1) is 22.0. The van der Waals surface area contributed by atoms with Crippen LogP contribution in [-0.4, -0.2) is 66.6 Å². The highest BCUT2D eigenvalue weighted by Gasteiger charge is 2.66. The smallest absolute Gasteiger partial charge is 0.264 e. The maximum Gasteiger partial charge on any atom is 0.264 e. The number of ether oxygens (including phenoxy) is 1. The number of fused-ring (bicyclic) bond motifs is 2. The normalized spacial score (nSPS) is 25.7. The van der Waals surface area contributed by atoms with Crippen LogP contribution in [0.2, 0.25) is 23.7 Å². The molecule has 0 saturated carbocycles. The van der Waals surface area contributed by atoms with E-state index in [-0.39, 0.29) is 37.4 Å². The zero-order valence-electron chi connectivity index (χ0n) is 26.3. The zero-order valence-corrected chi connectivity index (χ0v) is 28.1. The van der Waals surface area contributed by atoms with Crippen LogP contribution in [0.4, 0.5) is 17.1 Å². The molecule has 3 heterocycles.